The molecule has 0 atom stereocenters. The molecule has 0 fully saturated rings. The van der Waals surface area contributed by atoms with E-state index in [4.69, 9.17) is 4.74 Å². The number of carbonyl (C=O) groups is 1. The van der Waals surface area contributed by atoms with Crippen molar-refractivity contribution >= 4 is 28.2 Å². The first-order chi connectivity index (χ1) is 13.3. The number of anilines is 2. The molecule has 4 heteroatoms. The third-order valence-electron chi connectivity index (χ3n) is 4.23. The highest BCUT2D eigenvalue weighted by molar-refractivity contribution is 6.01. The van der Waals surface area contributed by atoms with E-state index in [0.29, 0.717) is 5.75 Å². The van der Waals surface area contributed by atoms with Gasteiger partial charge in [-0.3, -0.25) is 14.7 Å². The summed E-state index contributed by atoms with van der Waals surface area (Å²) in [5.74, 6) is 0.447. The topological polar surface area (TPSA) is 42.4 Å². The fourth-order valence-electron chi connectivity index (χ4n) is 2.99. The largest absolute Gasteiger partial charge is 0.481 e. The van der Waals surface area contributed by atoms with Crippen molar-refractivity contribution in [3.63, 3.8) is 0 Å². The van der Waals surface area contributed by atoms with Crippen LogP contribution in [-0.4, -0.2) is 17.5 Å². The van der Waals surface area contributed by atoms with Crippen molar-refractivity contribution < 1.29 is 9.53 Å². The van der Waals surface area contributed by atoms with Crippen LogP contribution in [0.1, 0.15) is 0 Å². The number of pyridine rings is 1. The molecule has 0 radical (unpaired) electrons. The number of para-hydroxylation sites is 3. The fourth-order valence-corrected chi connectivity index (χ4v) is 2.99. The normalized spacial score (nSPS) is 10.5. The van der Waals surface area contributed by atoms with Crippen LogP contribution in [-0.2, 0) is 4.79 Å². The highest BCUT2D eigenvalue weighted by Gasteiger charge is 2.18. The lowest BCUT2D eigenvalue weighted by atomic mass is 10.2. The number of hydrogen-bond donors (Lipinski definition) is 0. The smallest absolute Gasteiger partial charge is 0.269 e. The average Bonchev–Trinajstić information content (AvgIpc) is 2.74. The van der Waals surface area contributed by atoms with Gasteiger partial charge in [0.05, 0.1) is 0 Å². The number of nitrogens with zero attached hydrogens (tertiary/aromatic N) is 2. The van der Waals surface area contributed by atoms with Crippen LogP contribution in [0, 0.1) is 0 Å². The van der Waals surface area contributed by atoms with Crippen molar-refractivity contribution in [2.75, 3.05) is 11.5 Å². The Morgan fingerprint density at radius 3 is 2.07 bits per heavy atom. The second-order valence-corrected chi connectivity index (χ2v) is 6.02. The monoisotopic (exact) mass is 354 g/mol. The standard InChI is InChI=1S/C23H18N2O2/c26-22(17-27-21-15-7-9-18-10-8-16-24-23(18)21)25(19-11-3-1-4-12-19)20-13-5-2-6-14-20/h1-16H,17H2. The molecule has 3 aromatic carbocycles. The van der Waals surface area contributed by atoms with Gasteiger partial charge in [-0.15, -0.1) is 0 Å². The van der Waals surface area contributed by atoms with Crippen molar-refractivity contribution in [1.82, 2.24) is 4.98 Å². The van der Waals surface area contributed by atoms with E-state index in [9.17, 15) is 4.79 Å². The van der Waals surface area contributed by atoms with Gasteiger partial charge >= 0.3 is 0 Å². The van der Waals surface area contributed by atoms with E-state index in [1.165, 1.54) is 0 Å². The van der Waals surface area contributed by atoms with Gasteiger partial charge < -0.3 is 4.74 Å². The van der Waals surface area contributed by atoms with Crippen molar-refractivity contribution in [2.24, 2.45) is 0 Å². The van der Waals surface area contributed by atoms with Crippen LogP contribution in [0.15, 0.2) is 97.2 Å². The Balaban J connectivity index is 1.61. The zero-order valence-electron chi connectivity index (χ0n) is 14.7. The SMILES string of the molecule is O=C(COc1cccc2cccnc12)N(c1ccccc1)c1ccccc1. The molecule has 4 aromatic rings. The fraction of sp³-hybridized carbons (Fsp3) is 0.0435. The maximum Gasteiger partial charge on any atom is 0.269 e. The molecule has 1 heterocycles. The minimum atomic E-state index is -0.152. The second kappa shape index (κ2) is 7.70. The quantitative estimate of drug-likeness (QED) is 0.508. The van der Waals surface area contributed by atoms with Gasteiger partial charge in [0.15, 0.2) is 6.61 Å². The van der Waals surface area contributed by atoms with Crippen LogP contribution < -0.4 is 9.64 Å². The molecule has 132 valence electrons. The number of rotatable bonds is 5. The van der Waals surface area contributed by atoms with Crippen LogP contribution in [0.25, 0.3) is 10.9 Å². The van der Waals surface area contributed by atoms with Crippen molar-refractivity contribution in [1.29, 1.82) is 0 Å². The molecule has 0 aliphatic carbocycles. The average molecular weight is 354 g/mol. The molecule has 0 saturated carbocycles. The second-order valence-electron chi connectivity index (χ2n) is 6.02. The number of hydrogen-bond acceptors (Lipinski definition) is 3. The van der Waals surface area contributed by atoms with E-state index in [2.05, 4.69) is 4.98 Å². The maximum absolute atomic E-state index is 13.0. The Morgan fingerprint density at radius 1 is 0.778 bits per heavy atom. The predicted molar refractivity (Wildman–Crippen MR) is 107 cm³/mol. The maximum atomic E-state index is 13.0. The van der Waals surface area contributed by atoms with Crippen LogP contribution in [0.4, 0.5) is 11.4 Å². The lowest BCUT2D eigenvalue weighted by Gasteiger charge is -2.23. The zero-order chi connectivity index (χ0) is 18.5. The van der Waals surface area contributed by atoms with Crippen LogP contribution in [0.3, 0.4) is 0 Å². The molecular formula is C23H18N2O2. The summed E-state index contributed by atoms with van der Waals surface area (Å²) >= 11 is 0. The van der Waals surface area contributed by atoms with Crippen molar-refractivity contribution in [3.8, 4) is 5.75 Å². The van der Waals surface area contributed by atoms with Gasteiger partial charge in [0, 0.05) is 23.0 Å². The third-order valence-corrected chi connectivity index (χ3v) is 4.23. The molecule has 0 N–H and O–H groups in total. The summed E-state index contributed by atoms with van der Waals surface area (Å²) < 4.78 is 5.85. The highest BCUT2D eigenvalue weighted by Crippen LogP contribution is 2.26. The number of benzene rings is 3. The van der Waals surface area contributed by atoms with E-state index in [1.807, 2.05) is 91.0 Å². The molecule has 0 bridgehead atoms. The van der Waals surface area contributed by atoms with Gasteiger partial charge in [-0.25, -0.2) is 0 Å². The minimum absolute atomic E-state index is 0.0839. The Hall–Kier alpha value is -3.66. The Kier molecular flexibility index (Phi) is 4.79. The first-order valence-corrected chi connectivity index (χ1v) is 8.72. The van der Waals surface area contributed by atoms with Crippen LogP contribution >= 0.6 is 0 Å². The number of amides is 1. The van der Waals surface area contributed by atoms with Crippen molar-refractivity contribution in [3.05, 3.63) is 97.2 Å². The number of carbonyl (C=O) groups excluding carboxylic acids is 1. The van der Waals surface area contributed by atoms with E-state index >= 15 is 0 Å². The Labute approximate surface area is 157 Å². The lowest BCUT2D eigenvalue weighted by molar-refractivity contribution is -0.119. The summed E-state index contributed by atoms with van der Waals surface area (Å²) in [6, 6.07) is 28.7. The summed E-state index contributed by atoms with van der Waals surface area (Å²) in [7, 11) is 0. The highest BCUT2D eigenvalue weighted by atomic mass is 16.5. The molecular weight excluding hydrogens is 336 g/mol. The van der Waals surface area contributed by atoms with Gasteiger partial charge in [0.25, 0.3) is 5.91 Å². The summed E-state index contributed by atoms with van der Waals surface area (Å²) in [5.41, 5.74) is 2.35. The minimum Gasteiger partial charge on any atom is -0.481 e. The zero-order valence-corrected chi connectivity index (χ0v) is 14.7. The lowest BCUT2D eigenvalue weighted by Crippen LogP contribution is -2.30. The third kappa shape index (κ3) is 3.65. The van der Waals surface area contributed by atoms with Gasteiger partial charge in [-0.2, -0.15) is 0 Å². The molecule has 4 rings (SSSR count). The molecule has 0 saturated heterocycles. The molecule has 1 amide bonds. The number of aromatic nitrogens is 1. The summed E-state index contributed by atoms with van der Waals surface area (Å²) in [6.07, 6.45) is 1.72. The van der Waals surface area contributed by atoms with E-state index in [-0.39, 0.29) is 12.5 Å². The molecule has 0 unspecified atom stereocenters. The van der Waals surface area contributed by atoms with Gasteiger partial charge in [0.1, 0.15) is 11.3 Å². The first kappa shape index (κ1) is 16.8. The number of ether oxygens (including phenoxy) is 1. The van der Waals surface area contributed by atoms with E-state index in [0.717, 1.165) is 22.3 Å². The van der Waals surface area contributed by atoms with Crippen LogP contribution in [0.2, 0.25) is 0 Å². The van der Waals surface area contributed by atoms with Crippen molar-refractivity contribution in [2.45, 2.75) is 0 Å². The molecule has 0 aliphatic heterocycles. The molecule has 4 nitrogen and oxygen atoms in total. The van der Waals surface area contributed by atoms with Gasteiger partial charge in [-0.1, -0.05) is 54.6 Å². The number of fused-ring (bicyclic) bond motifs is 1. The molecule has 1 aromatic heterocycles. The Morgan fingerprint density at radius 2 is 1.41 bits per heavy atom. The Bertz CT molecular complexity index is 1000. The molecule has 0 aliphatic rings. The van der Waals surface area contributed by atoms with Gasteiger partial charge in [-0.05, 0) is 36.4 Å². The first-order valence-electron chi connectivity index (χ1n) is 8.72. The summed E-state index contributed by atoms with van der Waals surface area (Å²) in [6.45, 7) is -0.0839. The predicted octanol–water partition coefficient (Wildman–Crippen LogP) is 4.98. The van der Waals surface area contributed by atoms with Crippen LogP contribution in [0.5, 0.6) is 5.75 Å². The molecule has 0 spiro atoms. The molecule has 27 heavy (non-hydrogen) atoms. The van der Waals surface area contributed by atoms with E-state index in [1.54, 1.807) is 11.1 Å². The van der Waals surface area contributed by atoms with E-state index < -0.39 is 0 Å². The van der Waals surface area contributed by atoms with Gasteiger partial charge in [0.2, 0.25) is 0 Å². The summed E-state index contributed by atoms with van der Waals surface area (Å²) in [4.78, 5) is 19.1. The summed E-state index contributed by atoms with van der Waals surface area (Å²) in [5, 5.41) is 0.977.